The minimum atomic E-state index is -3.61. The van der Waals surface area contributed by atoms with Crippen LogP contribution in [0.2, 0.25) is 0 Å². The van der Waals surface area contributed by atoms with E-state index < -0.39 is 10.0 Å². The largest absolute Gasteiger partial charge is 0.375 e. The third-order valence-corrected chi connectivity index (χ3v) is 7.98. The van der Waals surface area contributed by atoms with Crippen molar-refractivity contribution < 1.29 is 22.2 Å². The second-order valence-electron chi connectivity index (χ2n) is 7.88. The van der Waals surface area contributed by atoms with E-state index in [1.165, 1.54) is 4.31 Å². The molecule has 4 rings (SSSR count). The molecule has 0 radical (unpaired) electrons. The van der Waals surface area contributed by atoms with Gasteiger partial charge in [-0.25, -0.2) is 8.42 Å². The second kappa shape index (κ2) is 7.23. The fourth-order valence-electron chi connectivity index (χ4n) is 4.44. The maximum Gasteiger partial charge on any atom is 0.248 e. The predicted molar refractivity (Wildman–Crippen MR) is 98.1 cm³/mol. The van der Waals surface area contributed by atoms with Crippen LogP contribution in [-0.4, -0.2) is 53.3 Å². The van der Waals surface area contributed by atoms with Crippen molar-refractivity contribution in [1.82, 2.24) is 19.6 Å². The number of rotatable bonds is 4. The van der Waals surface area contributed by atoms with Crippen LogP contribution >= 0.6 is 0 Å². The molecule has 2 fully saturated rings. The van der Waals surface area contributed by atoms with E-state index in [-0.39, 0.29) is 10.5 Å². The Balaban J connectivity index is 1.43. The van der Waals surface area contributed by atoms with Gasteiger partial charge in [0.25, 0.3) is 0 Å². The summed E-state index contributed by atoms with van der Waals surface area (Å²) in [5, 5.41) is 7.79. The third kappa shape index (κ3) is 3.60. The van der Waals surface area contributed by atoms with Gasteiger partial charge in [0, 0.05) is 33.0 Å². The minimum absolute atomic E-state index is 0.193. The average molecular weight is 410 g/mol. The molecule has 4 heterocycles. The fourth-order valence-corrected chi connectivity index (χ4v) is 6.17. The molecule has 2 aliphatic heterocycles. The normalized spacial score (nSPS) is 23.3. The van der Waals surface area contributed by atoms with Crippen LogP contribution in [0.25, 0.3) is 0 Å². The minimum Gasteiger partial charge on any atom is -0.375 e. The molecule has 0 saturated carbocycles. The Kier molecular flexibility index (Phi) is 5.05. The Bertz CT molecular complexity index is 924. The summed E-state index contributed by atoms with van der Waals surface area (Å²) in [6.07, 6.45) is 3.97. The summed E-state index contributed by atoms with van der Waals surface area (Å²) in [6, 6.07) is 0. The molecule has 0 amide bonds. The summed E-state index contributed by atoms with van der Waals surface area (Å²) in [4.78, 5) is 4.50. The Hall–Kier alpha value is -1.78. The van der Waals surface area contributed by atoms with Crippen molar-refractivity contribution in [2.75, 3.05) is 19.7 Å². The molecule has 1 unspecified atom stereocenters. The fraction of sp³-hybridized carbons (Fsp3) is 0.722. The Morgan fingerprint density at radius 1 is 1.14 bits per heavy atom. The maximum absolute atomic E-state index is 13.0. The average Bonchev–Trinajstić information content (AvgIpc) is 3.20. The molecule has 0 aliphatic carbocycles. The van der Waals surface area contributed by atoms with Crippen LogP contribution in [-0.2, 0) is 21.2 Å². The number of sulfonamides is 1. The van der Waals surface area contributed by atoms with Gasteiger partial charge < -0.3 is 13.8 Å². The van der Waals surface area contributed by atoms with Gasteiger partial charge in [-0.15, -0.1) is 0 Å². The van der Waals surface area contributed by atoms with E-state index in [4.69, 9.17) is 13.8 Å². The molecular formula is C18H26N4O5S. The van der Waals surface area contributed by atoms with E-state index in [1.54, 1.807) is 20.8 Å². The van der Waals surface area contributed by atoms with Crippen LogP contribution in [0, 0.1) is 26.7 Å². The lowest BCUT2D eigenvalue weighted by molar-refractivity contribution is -0.120. The first-order valence-corrected chi connectivity index (χ1v) is 11.1. The number of ether oxygens (including phenoxy) is 1. The first-order valence-electron chi connectivity index (χ1n) is 9.65. The number of nitrogens with zero attached hydrogens (tertiary/aromatic N) is 4. The van der Waals surface area contributed by atoms with Crippen molar-refractivity contribution >= 4 is 10.0 Å². The molecule has 10 heteroatoms. The Labute approximate surface area is 164 Å². The van der Waals surface area contributed by atoms with Gasteiger partial charge in [0.2, 0.25) is 15.9 Å². The number of piperidine rings is 1. The quantitative estimate of drug-likeness (QED) is 0.754. The van der Waals surface area contributed by atoms with Crippen LogP contribution in [0.15, 0.2) is 13.9 Å². The number of aryl methyl sites for hydroxylation is 3. The first-order chi connectivity index (χ1) is 13.3. The highest BCUT2D eigenvalue weighted by Crippen LogP contribution is 2.40. The monoisotopic (exact) mass is 410 g/mol. The highest BCUT2D eigenvalue weighted by atomic mass is 32.2. The van der Waals surface area contributed by atoms with Gasteiger partial charge in [-0.3, -0.25) is 0 Å². The van der Waals surface area contributed by atoms with Gasteiger partial charge in [-0.1, -0.05) is 10.3 Å². The molecule has 28 heavy (non-hydrogen) atoms. The summed E-state index contributed by atoms with van der Waals surface area (Å²) in [6.45, 7) is 6.62. The lowest BCUT2D eigenvalue weighted by atomic mass is 9.78. The van der Waals surface area contributed by atoms with Crippen molar-refractivity contribution in [3.05, 3.63) is 23.2 Å². The molecule has 0 N–H and O–H groups in total. The van der Waals surface area contributed by atoms with Crippen molar-refractivity contribution in [3.63, 3.8) is 0 Å². The SMILES string of the molecule is Cc1nc(CC2CCOC3(CCN(S(=O)(=O)c4c(C)noc4C)CC3)C2)no1. The van der Waals surface area contributed by atoms with E-state index in [0.717, 1.165) is 25.1 Å². The van der Waals surface area contributed by atoms with Crippen LogP contribution in [0.1, 0.15) is 48.9 Å². The van der Waals surface area contributed by atoms with Crippen molar-refractivity contribution in [2.45, 2.75) is 63.4 Å². The lowest BCUT2D eigenvalue weighted by Crippen LogP contribution is -2.51. The topological polar surface area (TPSA) is 112 Å². The van der Waals surface area contributed by atoms with E-state index in [2.05, 4.69) is 15.3 Å². The maximum atomic E-state index is 13.0. The van der Waals surface area contributed by atoms with Gasteiger partial charge in [0.05, 0.1) is 5.60 Å². The van der Waals surface area contributed by atoms with Gasteiger partial charge in [-0.05, 0) is 45.4 Å². The zero-order valence-electron chi connectivity index (χ0n) is 16.5. The predicted octanol–water partition coefficient (Wildman–Crippen LogP) is 2.18. The van der Waals surface area contributed by atoms with Crippen LogP contribution in [0.5, 0.6) is 0 Å². The first kappa shape index (κ1) is 19.5. The van der Waals surface area contributed by atoms with Gasteiger partial charge >= 0.3 is 0 Å². The number of aromatic nitrogens is 3. The summed E-state index contributed by atoms with van der Waals surface area (Å²) in [5.74, 6) is 2.06. The van der Waals surface area contributed by atoms with Crippen LogP contribution < -0.4 is 0 Å². The summed E-state index contributed by atoms with van der Waals surface area (Å²) in [5.41, 5.74) is 0.133. The zero-order chi connectivity index (χ0) is 19.9. The molecule has 2 aromatic heterocycles. The highest BCUT2D eigenvalue weighted by molar-refractivity contribution is 7.89. The van der Waals surface area contributed by atoms with Crippen LogP contribution in [0.3, 0.4) is 0 Å². The van der Waals surface area contributed by atoms with Gasteiger partial charge in [0.15, 0.2) is 11.6 Å². The smallest absolute Gasteiger partial charge is 0.248 e. The molecule has 2 aromatic rings. The third-order valence-electron chi connectivity index (χ3n) is 5.84. The Morgan fingerprint density at radius 2 is 1.89 bits per heavy atom. The molecule has 0 aromatic carbocycles. The highest BCUT2D eigenvalue weighted by Gasteiger charge is 2.43. The second-order valence-corrected chi connectivity index (χ2v) is 9.76. The molecule has 0 bridgehead atoms. The number of hydrogen-bond acceptors (Lipinski definition) is 8. The van der Waals surface area contributed by atoms with Crippen molar-refractivity contribution in [2.24, 2.45) is 5.92 Å². The van der Waals surface area contributed by atoms with E-state index in [9.17, 15) is 8.42 Å². The standard InChI is InChI=1S/C18H26N4O5S/c1-12-17(13(2)26-20-12)28(23,24)22-7-5-18(6-8-22)11-15(4-9-25-18)10-16-19-14(3)27-21-16/h15H,4-11H2,1-3H3. The zero-order valence-corrected chi connectivity index (χ0v) is 17.3. The molecule has 1 atom stereocenters. The molecule has 154 valence electrons. The molecule has 9 nitrogen and oxygen atoms in total. The molecule has 1 spiro atoms. The van der Waals surface area contributed by atoms with Crippen LogP contribution in [0.4, 0.5) is 0 Å². The molecule has 2 aliphatic rings. The van der Waals surface area contributed by atoms with Gasteiger partial charge in [0.1, 0.15) is 10.6 Å². The summed E-state index contributed by atoms with van der Waals surface area (Å²) in [7, 11) is -3.61. The van der Waals surface area contributed by atoms with Crippen molar-refractivity contribution in [1.29, 1.82) is 0 Å². The van der Waals surface area contributed by atoms with Crippen molar-refractivity contribution in [3.8, 4) is 0 Å². The van der Waals surface area contributed by atoms with E-state index in [1.807, 2.05) is 0 Å². The molecule has 2 saturated heterocycles. The molecular weight excluding hydrogens is 384 g/mol. The Morgan fingerprint density at radius 3 is 2.50 bits per heavy atom. The lowest BCUT2D eigenvalue weighted by Gasteiger charge is -2.45. The van der Waals surface area contributed by atoms with Gasteiger partial charge in [-0.2, -0.15) is 9.29 Å². The summed E-state index contributed by atoms with van der Waals surface area (Å²) >= 11 is 0. The van der Waals surface area contributed by atoms with E-state index >= 15 is 0 Å². The number of hydrogen-bond donors (Lipinski definition) is 0. The van der Waals surface area contributed by atoms with E-state index in [0.29, 0.717) is 55.8 Å². The summed E-state index contributed by atoms with van der Waals surface area (Å²) < 4.78 is 43.9.